The molecule has 1 aliphatic heterocycles. The molecule has 1 fully saturated rings. The van der Waals surface area contributed by atoms with Crippen LogP contribution in [0.4, 0.5) is 0 Å². The predicted octanol–water partition coefficient (Wildman–Crippen LogP) is 5.63. The average Bonchev–Trinajstić information content (AvgIpc) is 2.74. The van der Waals surface area contributed by atoms with Crippen molar-refractivity contribution in [2.75, 3.05) is 26.7 Å². The van der Waals surface area contributed by atoms with Crippen molar-refractivity contribution < 1.29 is 0 Å². The van der Waals surface area contributed by atoms with Crippen molar-refractivity contribution >= 4 is 11.3 Å². The van der Waals surface area contributed by atoms with Crippen LogP contribution < -0.4 is 0 Å². The highest BCUT2D eigenvalue weighted by Crippen LogP contribution is 2.16. The number of aliphatic imine (C=N–C) groups is 1. The lowest BCUT2D eigenvalue weighted by Crippen LogP contribution is -2.30. The quantitative estimate of drug-likeness (QED) is 0.585. The molecule has 0 aliphatic carbocycles. The molecule has 0 radical (unpaired) electrons. The lowest BCUT2D eigenvalue weighted by Gasteiger charge is -2.26. The highest BCUT2D eigenvalue weighted by atomic mass is 15.1. The third-order valence-corrected chi connectivity index (χ3v) is 5.46. The van der Waals surface area contributed by atoms with Gasteiger partial charge in [-0.05, 0) is 80.6 Å². The van der Waals surface area contributed by atoms with Crippen LogP contribution in [0, 0.1) is 0 Å². The number of rotatable bonds is 7. The molecule has 0 saturated carbocycles. The molecule has 2 aromatic carbocycles. The van der Waals surface area contributed by atoms with E-state index in [0.717, 1.165) is 12.1 Å². The number of nitrogens with zero attached hydrogens (tertiary/aromatic N) is 2. The van der Waals surface area contributed by atoms with E-state index in [9.17, 15) is 0 Å². The maximum Gasteiger partial charge on any atom is 0.0646 e. The molecule has 27 heavy (non-hydrogen) atoms. The molecule has 0 spiro atoms. The first-order valence-electron chi connectivity index (χ1n) is 10.3. The van der Waals surface area contributed by atoms with Gasteiger partial charge in [0.2, 0.25) is 0 Å². The van der Waals surface area contributed by atoms with Crippen molar-refractivity contribution in [3.05, 3.63) is 77.4 Å². The summed E-state index contributed by atoms with van der Waals surface area (Å²) in [4.78, 5) is 7.13. The number of hydrogen-bond acceptors (Lipinski definition) is 2. The van der Waals surface area contributed by atoms with Crippen molar-refractivity contribution in [3.63, 3.8) is 0 Å². The lowest BCUT2D eigenvalue weighted by atomic mass is 10.0. The van der Waals surface area contributed by atoms with Crippen LogP contribution in [0.25, 0.3) is 5.57 Å². The van der Waals surface area contributed by atoms with Gasteiger partial charge in [0.25, 0.3) is 0 Å². The van der Waals surface area contributed by atoms with E-state index < -0.39 is 0 Å². The van der Waals surface area contributed by atoms with Crippen LogP contribution in [0.3, 0.4) is 0 Å². The van der Waals surface area contributed by atoms with E-state index in [1.807, 2.05) is 7.05 Å². The molecule has 0 N–H and O–H groups in total. The van der Waals surface area contributed by atoms with Crippen molar-refractivity contribution in [1.82, 2.24) is 4.90 Å². The molecule has 0 bridgehead atoms. The van der Waals surface area contributed by atoms with E-state index in [1.165, 1.54) is 67.6 Å². The zero-order chi connectivity index (χ0) is 18.9. The zero-order valence-corrected chi connectivity index (χ0v) is 16.8. The summed E-state index contributed by atoms with van der Waals surface area (Å²) in [5.74, 6) is 0. The Balaban J connectivity index is 1.58. The van der Waals surface area contributed by atoms with Crippen LogP contribution in [-0.2, 0) is 6.42 Å². The van der Waals surface area contributed by atoms with Gasteiger partial charge in [-0.3, -0.25) is 4.99 Å². The summed E-state index contributed by atoms with van der Waals surface area (Å²) in [5, 5.41) is 0. The maximum atomic E-state index is 4.51. The van der Waals surface area contributed by atoms with Crippen LogP contribution in [0.15, 0.2) is 65.7 Å². The fraction of sp³-hybridized carbons (Fsp3) is 0.400. The molecule has 1 aliphatic rings. The minimum atomic E-state index is 1.04. The monoisotopic (exact) mass is 360 g/mol. The van der Waals surface area contributed by atoms with E-state index in [-0.39, 0.29) is 0 Å². The first-order valence-corrected chi connectivity index (χ1v) is 10.3. The smallest absolute Gasteiger partial charge is 0.0646 e. The second-order valence-electron chi connectivity index (χ2n) is 7.51. The largest absolute Gasteiger partial charge is 0.303 e. The van der Waals surface area contributed by atoms with Crippen LogP contribution >= 0.6 is 0 Å². The van der Waals surface area contributed by atoms with E-state index >= 15 is 0 Å². The third kappa shape index (κ3) is 5.90. The number of benzene rings is 2. The Morgan fingerprint density at radius 2 is 1.63 bits per heavy atom. The number of aryl methyl sites for hydroxylation is 1. The maximum absolute atomic E-state index is 4.51. The van der Waals surface area contributed by atoms with Crippen LogP contribution in [0.5, 0.6) is 0 Å². The average molecular weight is 361 g/mol. The second-order valence-corrected chi connectivity index (χ2v) is 7.51. The molecule has 0 aromatic heterocycles. The molecule has 0 amide bonds. The normalized spacial score (nSPS) is 16.5. The van der Waals surface area contributed by atoms with E-state index in [4.69, 9.17) is 0 Å². The summed E-state index contributed by atoms with van der Waals surface area (Å²) in [7, 11) is 1.87. The van der Waals surface area contributed by atoms with Gasteiger partial charge in [-0.25, -0.2) is 0 Å². The SMILES string of the molecule is CN=C(/C=C(\C)c1ccccc1)c1ccc(CCCN2CCCCC2)cc1. The van der Waals surface area contributed by atoms with Gasteiger partial charge in [-0.2, -0.15) is 0 Å². The van der Waals surface area contributed by atoms with Crippen molar-refractivity contribution in [2.24, 2.45) is 4.99 Å². The first kappa shape index (κ1) is 19.6. The van der Waals surface area contributed by atoms with Gasteiger partial charge in [-0.1, -0.05) is 61.0 Å². The van der Waals surface area contributed by atoms with Crippen molar-refractivity contribution in [3.8, 4) is 0 Å². The Bertz CT molecular complexity index is 751. The summed E-state index contributed by atoms with van der Waals surface area (Å²) in [5.41, 5.74) is 6.13. The van der Waals surface area contributed by atoms with Crippen LogP contribution in [0.2, 0.25) is 0 Å². The molecule has 2 heteroatoms. The van der Waals surface area contributed by atoms with Crippen LogP contribution in [-0.4, -0.2) is 37.3 Å². The molecule has 142 valence electrons. The molecule has 1 heterocycles. The second kappa shape index (κ2) is 10.2. The van der Waals surface area contributed by atoms with Crippen molar-refractivity contribution in [2.45, 2.75) is 39.0 Å². The number of likely N-dealkylation sites (tertiary alicyclic amines) is 1. The summed E-state index contributed by atoms with van der Waals surface area (Å²) in [6.07, 6.45) is 8.76. The van der Waals surface area contributed by atoms with Gasteiger partial charge >= 0.3 is 0 Å². The van der Waals surface area contributed by atoms with E-state index in [1.54, 1.807) is 0 Å². The van der Waals surface area contributed by atoms with Gasteiger partial charge in [0.05, 0.1) is 5.71 Å². The fourth-order valence-corrected chi connectivity index (χ4v) is 3.80. The minimum Gasteiger partial charge on any atom is -0.303 e. The van der Waals surface area contributed by atoms with Gasteiger partial charge in [0, 0.05) is 7.05 Å². The Morgan fingerprint density at radius 3 is 2.30 bits per heavy atom. The minimum absolute atomic E-state index is 1.04. The number of piperidine rings is 1. The molecule has 2 aromatic rings. The van der Waals surface area contributed by atoms with E-state index in [0.29, 0.717) is 0 Å². The van der Waals surface area contributed by atoms with Gasteiger partial charge in [0.15, 0.2) is 0 Å². The third-order valence-electron chi connectivity index (χ3n) is 5.46. The molecule has 0 unspecified atom stereocenters. The Kier molecular flexibility index (Phi) is 7.41. The van der Waals surface area contributed by atoms with Gasteiger partial charge < -0.3 is 4.90 Å². The summed E-state index contributed by atoms with van der Waals surface area (Å²) in [6, 6.07) is 19.5. The zero-order valence-electron chi connectivity index (χ0n) is 16.8. The molecular formula is C25H32N2. The number of allylic oxidation sites excluding steroid dienone is 2. The summed E-state index contributed by atoms with van der Waals surface area (Å²) < 4.78 is 0. The summed E-state index contributed by atoms with van der Waals surface area (Å²) >= 11 is 0. The molecule has 2 nitrogen and oxygen atoms in total. The lowest BCUT2D eigenvalue weighted by molar-refractivity contribution is 0.226. The fourth-order valence-electron chi connectivity index (χ4n) is 3.80. The van der Waals surface area contributed by atoms with Gasteiger partial charge in [0.1, 0.15) is 0 Å². The Hall–Kier alpha value is -2.19. The molecule has 1 saturated heterocycles. The standard InChI is InChI=1S/C25H32N2/c1-21(23-11-5-3-6-12-23)20-25(26-2)24-15-13-22(14-16-24)10-9-19-27-17-7-4-8-18-27/h3,5-6,11-16,20H,4,7-10,17-19H2,1-2H3/b21-20+,26-25?. The molecular weight excluding hydrogens is 328 g/mol. The topological polar surface area (TPSA) is 15.6 Å². The predicted molar refractivity (Wildman–Crippen MR) is 118 cm³/mol. The Morgan fingerprint density at radius 1 is 0.926 bits per heavy atom. The first-order chi connectivity index (χ1) is 13.3. The van der Waals surface area contributed by atoms with Crippen molar-refractivity contribution in [1.29, 1.82) is 0 Å². The highest BCUT2D eigenvalue weighted by molar-refractivity contribution is 6.12. The van der Waals surface area contributed by atoms with Gasteiger partial charge in [-0.15, -0.1) is 0 Å². The van der Waals surface area contributed by atoms with Crippen LogP contribution in [0.1, 0.15) is 49.3 Å². The van der Waals surface area contributed by atoms with E-state index in [2.05, 4.69) is 77.5 Å². The summed E-state index contributed by atoms with van der Waals surface area (Å²) in [6.45, 7) is 5.97. The highest BCUT2D eigenvalue weighted by Gasteiger charge is 2.09. The Labute approximate surface area is 164 Å². The molecule has 3 rings (SSSR count). The number of hydrogen-bond donors (Lipinski definition) is 0. The molecule has 0 atom stereocenters.